The summed E-state index contributed by atoms with van der Waals surface area (Å²) in [4.78, 5) is 14.0. The predicted octanol–water partition coefficient (Wildman–Crippen LogP) is 0.995. The number of rotatable bonds is 2. The van der Waals surface area contributed by atoms with Gasteiger partial charge in [-0.2, -0.15) is 0 Å². The van der Waals surface area contributed by atoms with Crippen LogP contribution in [0, 0.1) is 5.92 Å². The molecule has 2 rings (SSSR count). The molecule has 80 valence electrons. The van der Waals surface area contributed by atoms with Crippen molar-refractivity contribution in [3.8, 4) is 0 Å². The molecule has 3 atom stereocenters. The van der Waals surface area contributed by atoms with Crippen molar-refractivity contribution in [2.75, 3.05) is 13.6 Å². The third kappa shape index (κ3) is 1.65. The van der Waals surface area contributed by atoms with Gasteiger partial charge < -0.3 is 10.2 Å². The molecule has 1 amide bonds. The fourth-order valence-corrected chi connectivity index (χ4v) is 2.79. The Morgan fingerprint density at radius 1 is 1.36 bits per heavy atom. The second kappa shape index (κ2) is 3.89. The Morgan fingerprint density at radius 2 is 2.14 bits per heavy atom. The lowest BCUT2D eigenvalue weighted by atomic mass is 10.1. The van der Waals surface area contributed by atoms with E-state index in [2.05, 4.69) is 17.1 Å². The highest BCUT2D eigenvalue weighted by Crippen LogP contribution is 2.31. The largest absolute Gasteiger partial charge is 0.338 e. The van der Waals surface area contributed by atoms with Gasteiger partial charge in [-0.25, -0.2) is 0 Å². The van der Waals surface area contributed by atoms with E-state index in [1.807, 2.05) is 7.05 Å². The summed E-state index contributed by atoms with van der Waals surface area (Å²) in [5.41, 5.74) is 0. The summed E-state index contributed by atoms with van der Waals surface area (Å²) in [6.07, 6.45) is 4.70. The van der Waals surface area contributed by atoms with Gasteiger partial charge in [-0.15, -0.1) is 0 Å². The average molecular weight is 196 g/mol. The minimum Gasteiger partial charge on any atom is -0.338 e. The van der Waals surface area contributed by atoms with Gasteiger partial charge >= 0.3 is 0 Å². The molecule has 1 saturated carbocycles. The fraction of sp³-hybridized carbons (Fsp3) is 0.909. The first kappa shape index (κ1) is 9.97. The first-order valence-corrected chi connectivity index (χ1v) is 5.70. The molecule has 0 aromatic carbocycles. The summed E-state index contributed by atoms with van der Waals surface area (Å²) in [6.45, 7) is 3.25. The van der Waals surface area contributed by atoms with E-state index in [1.54, 1.807) is 0 Å². The maximum atomic E-state index is 11.9. The Morgan fingerprint density at radius 3 is 2.64 bits per heavy atom. The number of hydrogen-bond donors (Lipinski definition) is 1. The number of hydrogen-bond acceptors (Lipinski definition) is 2. The number of amides is 1. The van der Waals surface area contributed by atoms with Crippen LogP contribution < -0.4 is 5.32 Å². The van der Waals surface area contributed by atoms with E-state index in [9.17, 15) is 4.79 Å². The Kier molecular flexibility index (Phi) is 2.77. The molecule has 1 heterocycles. The molecule has 1 aliphatic carbocycles. The average Bonchev–Trinajstić information content (AvgIpc) is 2.72. The molecule has 1 saturated heterocycles. The van der Waals surface area contributed by atoms with Crippen LogP contribution in [-0.2, 0) is 4.79 Å². The molecule has 3 nitrogen and oxygen atoms in total. The predicted molar refractivity (Wildman–Crippen MR) is 56.0 cm³/mol. The van der Waals surface area contributed by atoms with Gasteiger partial charge in [-0.05, 0) is 38.6 Å². The maximum absolute atomic E-state index is 11.9. The Bertz CT molecular complexity index is 229. The minimum atomic E-state index is 0.0888. The normalized spacial score (nSPS) is 38.3. The van der Waals surface area contributed by atoms with Crippen molar-refractivity contribution in [1.82, 2.24) is 10.2 Å². The van der Waals surface area contributed by atoms with Crippen molar-refractivity contribution >= 4 is 5.91 Å². The first-order chi connectivity index (χ1) is 6.72. The van der Waals surface area contributed by atoms with Gasteiger partial charge in [0.05, 0.1) is 6.04 Å². The zero-order chi connectivity index (χ0) is 10.1. The quantitative estimate of drug-likeness (QED) is 0.714. The van der Waals surface area contributed by atoms with E-state index in [4.69, 9.17) is 0 Å². The van der Waals surface area contributed by atoms with E-state index in [1.165, 1.54) is 19.3 Å². The van der Waals surface area contributed by atoms with Gasteiger partial charge in [-0.3, -0.25) is 4.79 Å². The van der Waals surface area contributed by atoms with Crippen LogP contribution in [0.5, 0.6) is 0 Å². The maximum Gasteiger partial charge on any atom is 0.240 e. The molecular formula is C11H20N2O. The zero-order valence-corrected chi connectivity index (χ0v) is 9.12. The standard InChI is InChI=1S/C11H20N2O/c1-8-3-4-9(7-8)13-6-5-10(12-2)11(13)14/h8-10,12H,3-7H2,1-2H3. The van der Waals surface area contributed by atoms with Gasteiger partial charge in [0.1, 0.15) is 0 Å². The zero-order valence-electron chi connectivity index (χ0n) is 9.12. The second-order valence-corrected chi connectivity index (χ2v) is 4.73. The first-order valence-electron chi connectivity index (χ1n) is 5.70. The molecule has 1 N–H and O–H groups in total. The van der Waals surface area contributed by atoms with Crippen LogP contribution >= 0.6 is 0 Å². The summed E-state index contributed by atoms with van der Waals surface area (Å²) in [5, 5.41) is 3.09. The van der Waals surface area contributed by atoms with E-state index in [-0.39, 0.29) is 6.04 Å². The minimum absolute atomic E-state index is 0.0888. The number of carbonyl (C=O) groups is 1. The van der Waals surface area contributed by atoms with E-state index < -0.39 is 0 Å². The topological polar surface area (TPSA) is 32.3 Å². The molecule has 0 radical (unpaired) electrons. The van der Waals surface area contributed by atoms with Crippen molar-refractivity contribution in [2.45, 2.75) is 44.7 Å². The molecule has 3 heteroatoms. The van der Waals surface area contributed by atoms with Gasteiger partial charge in [-0.1, -0.05) is 6.92 Å². The molecule has 14 heavy (non-hydrogen) atoms. The van der Waals surface area contributed by atoms with Crippen LogP contribution in [0.4, 0.5) is 0 Å². The molecule has 1 aliphatic heterocycles. The van der Waals surface area contributed by atoms with Crippen molar-refractivity contribution in [2.24, 2.45) is 5.92 Å². The monoisotopic (exact) mass is 196 g/mol. The molecule has 0 aromatic heterocycles. The smallest absolute Gasteiger partial charge is 0.240 e. The van der Waals surface area contributed by atoms with Crippen molar-refractivity contribution < 1.29 is 4.79 Å². The lowest BCUT2D eigenvalue weighted by Gasteiger charge is -2.24. The lowest BCUT2D eigenvalue weighted by molar-refractivity contribution is -0.131. The van der Waals surface area contributed by atoms with Crippen LogP contribution in [0.1, 0.15) is 32.6 Å². The molecular weight excluding hydrogens is 176 g/mol. The van der Waals surface area contributed by atoms with Crippen molar-refractivity contribution in [3.63, 3.8) is 0 Å². The number of likely N-dealkylation sites (N-methyl/N-ethyl adjacent to an activating group) is 1. The number of nitrogens with zero attached hydrogens (tertiary/aromatic N) is 1. The van der Waals surface area contributed by atoms with Crippen LogP contribution in [0.2, 0.25) is 0 Å². The van der Waals surface area contributed by atoms with Gasteiger partial charge in [0.25, 0.3) is 0 Å². The van der Waals surface area contributed by atoms with Crippen LogP contribution in [0.25, 0.3) is 0 Å². The van der Waals surface area contributed by atoms with Gasteiger partial charge in [0.2, 0.25) is 5.91 Å². The third-order valence-electron chi connectivity index (χ3n) is 3.70. The highest BCUT2D eigenvalue weighted by Gasteiger charge is 2.37. The van der Waals surface area contributed by atoms with Gasteiger partial charge in [0.15, 0.2) is 0 Å². The highest BCUT2D eigenvalue weighted by molar-refractivity contribution is 5.84. The third-order valence-corrected chi connectivity index (χ3v) is 3.70. The van der Waals surface area contributed by atoms with Gasteiger partial charge in [0, 0.05) is 12.6 Å². The second-order valence-electron chi connectivity index (χ2n) is 4.73. The number of carbonyl (C=O) groups excluding carboxylic acids is 1. The molecule has 0 aromatic rings. The Labute approximate surface area is 85.8 Å². The molecule has 0 bridgehead atoms. The summed E-state index contributed by atoms with van der Waals surface area (Å²) >= 11 is 0. The summed E-state index contributed by atoms with van der Waals surface area (Å²) in [6, 6.07) is 0.627. The molecule has 0 spiro atoms. The lowest BCUT2D eigenvalue weighted by Crippen LogP contribution is -2.40. The van der Waals surface area contributed by atoms with E-state index in [0.717, 1.165) is 18.9 Å². The number of likely N-dealkylation sites (tertiary alicyclic amines) is 1. The molecule has 2 aliphatic rings. The Hall–Kier alpha value is -0.570. The SMILES string of the molecule is CNC1CCN(C2CCC(C)C2)C1=O. The van der Waals surface area contributed by atoms with Crippen LogP contribution in [0.15, 0.2) is 0 Å². The highest BCUT2D eigenvalue weighted by atomic mass is 16.2. The summed E-state index contributed by atoms with van der Waals surface area (Å²) in [7, 11) is 1.88. The summed E-state index contributed by atoms with van der Waals surface area (Å²) < 4.78 is 0. The molecule has 3 unspecified atom stereocenters. The van der Waals surface area contributed by atoms with E-state index >= 15 is 0 Å². The van der Waals surface area contributed by atoms with Crippen LogP contribution in [-0.4, -0.2) is 36.5 Å². The summed E-state index contributed by atoms with van der Waals surface area (Å²) in [5.74, 6) is 1.13. The van der Waals surface area contributed by atoms with Crippen LogP contribution in [0.3, 0.4) is 0 Å². The van der Waals surface area contributed by atoms with Crippen molar-refractivity contribution in [1.29, 1.82) is 0 Å². The van der Waals surface area contributed by atoms with Crippen molar-refractivity contribution in [3.05, 3.63) is 0 Å². The fourth-order valence-electron chi connectivity index (χ4n) is 2.79. The van der Waals surface area contributed by atoms with E-state index in [0.29, 0.717) is 11.9 Å². The number of nitrogens with one attached hydrogen (secondary N) is 1. The molecule has 2 fully saturated rings. The Balaban J connectivity index is 1.96.